The van der Waals surface area contributed by atoms with Crippen LogP contribution in [-0.4, -0.2) is 36.4 Å². The van der Waals surface area contributed by atoms with Crippen LogP contribution in [0.4, 0.5) is 0 Å². The Kier molecular flexibility index (Phi) is 4.61. The molecule has 4 rings (SSSR count). The van der Waals surface area contributed by atoms with Crippen molar-refractivity contribution in [3.05, 3.63) is 42.0 Å². The van der Waals surface area contributed by atoms with Crippen molar-refractivity contribution >= 4 is 17.0 Å². The van der Waals surface area contributed by atoms with Crippen LogP contribution in [0.5, 0.6) is 5.88 Å². The number of ether oxygens (including phenoxy) is 1. The van der Waals surface area contributed by atoms with E-state index in [1.807, 2.05) is 12.1 Å². The molecule has 0 aliphatic heterocycles. The Labute approximate surface area is 161 Å². The van der Waals surface area contributed by atoms with Crippen LogP contribution in [-0.2, 0) is 0 Å². The molecule has 3 unspecified atom stereocenters. The van der Waals surface area contributed by atoms with Crippen molar-refractivity contribution in [3.63, 3.8) is 0 Å². The number of fused-ring (bicyclic) bond motifs is 1. The van der Waals surface area contributed by atoms with Gasteiger partial charge < -0.3 is 9.72 Å². The van der Waals surface area contributed by atoms with E-state index >= 15 is 0 Å². The molecule has 3 aromatic heterocycles. The molecule has 1 saturated carbocycles. The summed E-state index contributed by atoms with van der Waals surface area (Å²) in [6.07, 6.45) is 8.38. The summed E-state index contributed by atoms with van der Waals surface area (Å²) in [6, 6.07) is 3.77. The molecule has 1 aliphatic carbocycles. The van der Waals surface area contributed by atoms with Gasteiger partial charge in [-0.25, -0.2) is 15.0 Å². The molecule has 1 fully saturated rings. The SMILES string of the molecule is CCC1CC(Oc2cnc(C#N)cn2)CC1C(=N)n1c(=N)cnc2[nH]ccc21. The molecule has 9 heteroatoms. The minimum absolute atomic E-state index is 0.0315. The van der Waals surface area contributed by atoms with Crippen LogP contribution in [0, 0.1) is 34.0 Å². The zero-order valence-electron chi connectivity index (χ0n) is 15.4. The van der Waals surface area contributed by atoms with Gasteiger partial charge >= 0.3 is 0 Å². The highest BCUT2D eigenvalue weighted by molar-refractivity contribution is 5.91. The smallest absolute Gasteiger partial charge is 0.232 e. The van der Waals surface area contributed by atoms with Gasteiger partial charge in [0.05, 0.1) is 24.1 Å². The minimum Gasteiger partial charge on any atom is -0.473 e. The van der Waals surface area contributed by atoms with E-state index in [9.17, 15) is 0 Å². The lowest BCUT2D eigenvalue weighted by Crippen LogP contribution is -2.33. The standard InChI is InChI=1S/C19H20N8O/c1-2-11-5-13(28-17-10-24-12(7-20)8-25-17)6-14(11)18(22)27-15-3-4-23-19(15)26-9-16(27)21/h3-4,8-11,13-14,21-23H,2,5-6H2,1H3. The first-order valence-electron chi connectivity index (χ1n) is 9.18. The Morgan fingerprint density at radius 1 is 1.32 bits per heavy atom. The number of nitrogens with one attached hydrogen (secondary N) is 3. The maximum atomic E-state index is 8.83. The summed E-state index contributed by atoms with van der Waals surface area (Å²) in [7, 11) is 0. The Morgan fingerprint density at radius 3 is 2.89 bits per heavy atom. The van der Waals surface area contributed by atoms with Crippen LogP contribution in [0.25, 0.3) is 11.2 Å². The fourth-order valence-electron chi connectivity index (χ4n) is 3.94. The van der Waals surface area contributed by atoms with Gasteiger partial charge in [0, 0.05) is 12.1 Å². The van der Waals surface area contributed by atoms with E-state index in [4.69, 9.17) is 20.8 Å². The molecule has 142 valence electrons. The third-order valence-corrected chi connectivity index (χ3v) is 5.30. The molecule has 0 aromatic carbocycles. The van der Waals surface area contributed by atoms with Crippen LogP contribution < -0.4 is 10.2 Å². The van der Waals surface area contributed by atoms with Gasteiger partial charge in [-0.3, -0.25) is 15.4 Å². The maximum Gasteiger partial charge on any atom is 0.232 e. The molecule has 0 bridgehead atoms. The normalized spacial score (nSPS) is 21.5. The summed E-state index contributed by atoms with van der Waals surface area (Å²) >= 11 is 0. The first kappa shape index (κ1) is 17.9. The van der Waals surface area contributed by atoms with Crippen molar-refractivity contribution in [2.75, 3.05) is 0 Å². The van der Waals surface area contributed by atoms with Crippen molar-refractivity contribution in [2.24, 2.45) is 11.8 Å². The molecule has 0 radical (unpaired) electrons. The zero-order chi connectivity index (χ0) is 19.7. The molecule has 28 heavy (non-hydrogen) atoms. The van der Waals surface area contributed by atoms with Crippen LogP contribution in [0.2, 0.25) is 0 Å². The molecule has 0 amide bonds. The van der Waals surface area contributed by atoms with Gasteiger partial charge in [-0.1, -0.05) is 13.3 Å². The predicted octanol–water partition coefficient (Wildman–Crippen LogP) is 2.21. The van der Waals surface area contributed by atoms with Gasteiger partial charge in [0.2, 0.25) is 5.88 Å². The van der Waals surface area contributed by atoms with E-state index in [2.05, 4.69) is 26.9 Å². The molecule has 3 N–H and O–H groups in total. The molecule has 1 aliphatic rings. The average Bonchev–Trinajstić information content (AvgIpc) is 3.34. The second-order valence-corrected chi connectivity index (χ2v) is 6.91. The van der Waals surface area contributed by atoms with Crippen LogP contribution in [0.3, 0.4) is 0 Å². The monoisotopic (exact) mass is 376 g/mol. The fourth-order valence-corrected chi connectivity index (χ4v) is 3.94. The lowest BCUT2D eigenvalue weighted by atomic mass is 9.92. The topological polar surface area (TPSA) is 140 Å². The number of H-pyrrole nitrogens is 1. The molecule has 9 nitrogen and oxygen atoms in total. The number of aromatic amines is 1. The van der Waals surface area contributed by atoms with E-state index in [0.29, 0.717) is 23.8 Å². The van der Waals surface area contributed by atoms with Gasteiger partial charge in [0.1, 0.15) is 23.5 Å². The molecule has 0 spiro atoms. The number of hydrogen-bond acceptors (Lipinski definition) is 7. The molecule has 0 saturated heterocycles. The number of hydrogen-bond donors (Lipinski definition) is 3. The largest absolute Gasteiger partial charge is 0.473 e. The predicted molar refractivity (Wildman–Crippen MR) is 101 cm³/mol. The molecule has 3 heterocycles. The van der Waals surface area contributed by atoms with Gasteiger partial charge in [0.25, 0.3) is 0 Å². The van der Waals surface area contributed by atoms with Crippen molar-refractivity contribution in [2.45, 2.75) is 32.3 Å². The van der Waals surface area contributed by atoms with Gasteiger partial charge in [-0.05, 0) is 24.8 Å². The summed E-state index contributed by atoms with van der Waals surface area (Å²) in [4.78, 5) is 15.4. The third-order valence-electron chi connectivity index (χ3n) is 5.30. The second kappa shape index (κ2) is 7.23. The van der Waals surface area contributed by atoms with E-state index < -0.39 is 0 Å². The number of nitriles is 1. The molecule has 3 atom stereocenters. The minimum atomic E-state index is -0.0872. The Morgan fingerprint density at radius 2 is 2.18 bits per heavy atom. The highest BCUT2D eigenvalue weighted by atomic mass is 16.5. The van der Waals surface area contributed by atoms with Crippen molar-refractivity contribution < 1.29 is 4.74 Å². The van der Waals surface area contributed by atoms with Crippen molar-refractivity contribution in [1.82, 2.24) is 24.5 Å². The van der Waals surface area contributed by atoms with Crippen LogP contribution in [0.15, 0.2) is 30.9 Å². The molecule has 3 aromatic rings. The lowest BCUT2D eigenvalue weighted by molar-refractivity contribution is 0.194. The van der Waals surface area contributed by atoms with E-state index in [-0.39, 0.29) is 29.1 Å². The van der Waals surface area contributed by atoms with Crippen molar-refractivity contribution in [3.8, 4) is 11.9 Å². The fraction of sp³-hybridized carbons (Fsp3) is 0.368. The molecular formula is C19H20N8O. The van der Waals surface area contributed by atoms with Gasteiger partial charge in [-0.15, -0.1) is 0 Å². The summed E-state index contributed by atoms with van der Waals surface area (Å²) < 4.78 is 7.62. The number of aromatic nitrogens is 5. The average molecular weight is 376 g/mol. The summed E-state index contributed by atoms with van der Waals surface area (Å²) in [6.45, 7) is 2.11. The van der Waals surface area contributed by atoms with Gasteiger partial charge in [-0.2, -0.15) is 5.26 Å². The van der Waals surface area contributed by atoms with E-state index in [1.165, 1.54) is 18.6 Å². The van der Waals surface area contributed by atoms with E-state index in [0.717, 1.165) is 18.4 Å². The third kappa shape index (κ3) is 3.13. The number of nitrogens with zero attached hydrogens (tertiary/aromatic N) is 5. The highest BCUT2D eigenvalue weighted by Gasteiger charge is 2.38. The van der Waals surface area contributed by atoms with Crippen molar-refractivity contribution in [1.29, 1.82) is 16.1 Å². The Balaban J connectivity index is 1.57. The number of rotatable bonds is 4. The molecular weight excluding hydrogens is 356 g/mol. The quantitative estimate of drug-likeness (QED) is 0.473. The summed E-state index contributed by atoms with van der Waals surface area (Å²) in [5, 5.41) is 25.9. The highest BCUT2D eigenvalue weighted by Crippen LogP contribution is 2.37. The summed E-state index contributed by atoms with van der Waals surface area (Å²) in [5.74, 6) is 1.02. The van der Waals surface area contributed by atoms with Crippen LogP contribution >= 0.6 is 0 Å². The van der Waals surface area contributed by atoms with E-state index in [1.54, 1.807) is 10.8 Å². The first-order chi connectivity index (χ1) is 13.6. The Hall–Kier alpha value is -3.54. The lowest BCUT2D eigenvalue weighted by Gasteiger charge is -2.21. The Bertz CT molecular complexity index is 1110. The van der Waals surface area contributed by atoms with Gasteiger partial charge in [0.15, 0.2) is 11.3 Å². The second-order valence-electron chi connectivity index (χ2n) is 6.91. The first-order valence-corrected chi connectivity index (χ1v) is 9.18. The summed E-state index contributed by atoms with van der Waals surface area (Å²) in [5.41, 5.74) is 1.83. The maximum absolute atomic E-state index is 8.83. The zero-order valence-corrected chi connectivity index (χ0v) is 15.4. The van der Waals surface area contributed by atoms with Crippen LogP contribution in [0.1, 0.15) is 31.9 Å².